The van der Waals surface area contributed by atoms with Crippen LogP contribution in [0.1, 0.15) is 75.6 Å². The van der Waals surface area contributed by atoms with Crippen molar-refractivity contribution >= 4 is 0 Å². The van der Waals surface area contributed by atoms with Crippen molar-refractivity contribution in [2.45, 2.75) is 72.4 Å². The van der Waals surface area contributed by atoms with Gasteiger partial charge in [-0.3, -0.25) is 4.68 Å². The summed E-state index contributed by atoms with van der Waals surface area (Å²) >= 11 is 0. The smallest absolute Gasteiger partial charge is 0.0823 e. The molecule has 2 rings (SSSR count). The first-order valence-electron chi connectivity index (χ1n) is 7.67. The molecule has 3 nitrogen and oxygen atoms in total. The van der Waals surface area contributed by atoms with E-state index in [1.54, 1.807) is 0 Å². The molecule has 0 saturated heterocycles. The van der Waals surface area contributed by atoms with Crippen molar-refractivity contribution in [1.82, 2.24) is 9.78 Å². The molecular formula is C16H28N2O. The molecule has 19 heavy (non-hydrogen) atoms. The highest BCUT2D eigenvalue weighted by Crippen LogP contribution is 2.37. The number of nitrogens with zero attached hydrogens (tertiary/aromatic N) is 2. The van der Waals surface area contributed by atoms with E-state index < -0.39 is 0 Å². The molecule has 1 saturated carbocycles. The Balaban J connectivity index is 2.30. The Bertz CT molecular complexity index is 428. The number of aryl methyl sites for hydroxylation is 1. The van der Waals surface area contributed by atoms with Crippen molar-refractivity contribution in [3.63, 3.8) is 0 Å². The van der Waals surface area contributed by atoms with Crippen molar-refractivity contribution in [2.24, 2.45) is 11.8 Å². The minimum absolute atomic E-state index is 0.368. The molecular weight excluding hydrogens is 236 g/mol. The first-order valence-corrected chi connectivity index (χ1v) is 7.67. The second-order valence-electron chi connectivity index (χ2n) is 6.52. The van der Waals surface area contributed by atoms with Crippen LogP contribution in [0.5, 0.6) is 0 Å². The lowest BCUT2D eigenvalue weighted by molar-refractivity contribution is 0.171. The summed E-state index contributed by atoms with van der Waals surface area (Å²) in [5.41, 5.74) is 3.21. The maximum absolute atomic E-state index is 10.2. The molecule has 0 amide bonds. The second kappa shape index (κ2) is 5.66. The quantitative estimate of drug-likeness (QED) is 0.898. The molecule has 0 aliphatic heterocycles. The van der Waals surface area contributed by atoms with E-state index in [1.807, 2.05) is 13.8 Å². The van der Waals surface area contributed by atoms with Gasteiger partial charge in [-0.1, -0.05) is 20.8 Å². The molecule has 0 spiro atoms. The molecule has 3 atom stereocenters. The van der Waals surface area contributed by atoms with E-state index in [2.05, 4.69) is 25.5 Å². The van der Waals surface area contributed by atoms with E-state index in [0.717, 1.165) is 35.2 Å². The maximum atomic E-state index is 10.2. The monoisotopic (exact) mass is 264 g/mol. The minimum atomic E-state index is -0.368. The van der Waals surface area contributed by atoms with Crippen LogP contribution in [-0.4, -0.2) is 14.9 Å². The minimum Gasteiger partial charge on any atom is -0.388 e. The predicted molar refractivity (Wildman–Crippen MR) is 78.2 cm³/mol. The van der Waals surface area contributed by atoms with Crippen LogP contribution in [0.15, 0.2) is 0 Å². The van der Waals surface area contributed by atoms with Gasteiger partial charge >= 0.3 is 0 Å². The van der Waals surface area contributed by atoms with Gasteiger partial charge in [0.05, 0.1) is 17.8 Å². The first-order chi connectivity index (χ1) is 8.93. The van der Waals surface area contributed by atoms with Crippen molar-refractivity contribution < 1.29 is 5.11 Å². The van der Waals surface area contributed by atoms with Gasteiger partial charge in [-0.2, -0.15) is 5.10 Å². The van der Waals surface area contributed by atoms with Crippen LogP contribution >= 0.6 is 0 Å². The van der Waals surface area contributed by atoms with Gasteiger partial charge in [0.25, 0.3) is 0 Å². The van der Waals surface area contributed by atoms with Crippen LogP contribution in [0.3, 0.4) is 0 Å². The van der Waals surface area contributed by atoms with E-state index in [0.29, 0.717) is 6.04 Å². The Hall–Kier alpha value is -0.830. The second-order valence-corrected chi connectivity index (χ2v) is 6.52. The molecule has 3 unspecified atom stereocenters. The highest BCUT2D eigenvalue weighted by Gasteiger charge is 2.28. The van der Waals surface area contributed by atoms with Gasteiger partial charge in [-0.05, 0) is 51.4 Å². The highest BCUT2D eigenvalue weighted by molar-refractivity contribution is 5.27. The zero-order valence-electron chi connectivity index (χ0n) is 13.0. The van der Waals surface area contributed by atoms with Gasteiger partial charge in [0.1, 0.15) is 0 Å². The Kier molecular flexibility index (Phi) is 4.34. The topological polar surface area (TPSA) is 38.1 Å². The molecule has 1 aromatic rings. The fourth-order valence-electron chi connectivity index (χ4n) is 3.82. The van der Waals surface area contributed by atoms with Gasteiger partial charge < -0.3 is 5.11 Å². The Labute approximate surface area is 117 Å². The van der Waals surface area contributed by atoms with Crippen LogP contribution in [0.4, 0.5) is 0 Å². The summed E-state index contributed by atoms with van der Waals surface area (Å²) in [5.74, 6) is 1.55. The largest absolute Gasteiger partial charge is 0.388 e. The Morgan fingerprint density at radius 1 is 1.21 bits per heavy atom. The summed E-state index contributed by atoms with van der Waals surface area (Å²) in [6.07, 6.45) is 4.15. The number of aromatic nitrogens is 2. The lowest BCUT2D eigenvalue weighted by Crippen LogP contribution is -2.24. The first kappa shape index (κ1) is 14.6. The fourth-order valence-corrected chi connectivity index (χ4v) is 3.82. The third-order valence-electron chi connectivity index (χ3n) is 4.60. The predicted octanol–water partition coefficient (Wildman–Crippen LogP) is 3.94. The molecule has 1 N–H and O–H groups in total. The average Bonchev–Trinajstić information content (AvgIpc) is 2.63. The van der Waals surface area contributed by atoms with Gasteiger partial charge in [-0.15, -0.1) is 0 Å². The summed E-state index contributed by atoms with van der Waals surface area (Å²) in [4.78, 5) is 0. The van der Waals surface area contributed by atoms with Crippen LogP contribution < -0.4 is 0 Å². The average molecular weight is 264 g/mol. The number of aliphatic hydroxyl groups is 1. The van der Waals surface area contributed by atoms with Crippen molar-refractivity contribution in [3.8, 4) is 0 Å². The maximum Gasteiger partial charge on any atom is 0.0823 e. The van der Waals surface area contributed by atoms with E-state index in [1.165, 1.54) is 19.3 Å². The van der Waals surface area contributed by atoms with Gasteiger partial charge in [-0.25, -0.2) is 0 Å². The number of hydrogen-bond donors (Lipinski definition) is 1. The molecule has 0 bridgehead atoms. The van der Waals surface area contributed by atoms with Gasteiger partial charge in [0, 0.05) is 11.3 Å². The van der Waals surface area contributed by atoms with Crippen LogP contribution in [0.2, 0.25) is 0 Å². The van der Waals surface area contributed by atoms with Gasteiger partial charge in [0.2, 0.25) is 0 Å². The van der Waals surface area contributed by atoms with E-state index in [4.69, 9.17) is 5.10 Å². The lowest BCUT2D eigenvalue weighted by atomic mass is 9.80. The molecule has 1 aliphatic rings. The number of rotatable bonds is 3. The third kappa shape index (κ3) is 2.86. The van der Waals surface area contributed by atoms with Crippen LogP contribution in [0, 0.1) is 25.7 Å². The molecule has 1 aromatic heterocycles. The SMILES string of the molecule is CCC(O)c1c(C)nn(C2CC(C)CC(C)C2)c1C. The molecule has 0 aromatic carbocycles. The van der Waals surface area contributed by atoms with Crippen LogP contribution in [0.25, 0.3) is 0 Å². The molecule has 1 fully saturated rings. The lowest BCUT2D eigenvalue weighted by Gasteiger charge is -2.32. The number of hydrogen-bond acceptors (Lipinski definition) is 2. The van der Waals surface area contributed by atoms with Crippen molar-refractivity contribution in [2.75, 3.05) is 0 Å². The standard InChI is InChI=1S/C16H28N2O/c1-6-15(19)16-12(4)17-18(13(16)5)14-8-10(2)7-11(3)9-14/h10-11,14-15,19H,6-9H2,1-5H3. The van der Waals surface area contributed by atoms with E-state index >= 15 is 0 Å². The summed E-state index contributed by atoms with van der Waals surface area (Å²) in [6.45, 7) is 10.8. The molecule has 108 valence electrons. The molecule has 0 radical (unpaired) electrons. The normalized spacial score (nSPS) is 29.5. The summed E-state index contributed by atoms with van der Waals surface area (Å²) < 4.78 is 2.19. The van der Waals surface area contributed by atoms with Crippen LogP contribution in [-0.2, 0) is 0 Å². The fraction of sp³-hybridized carbons (Fsp3) is 0.812. The third-order valence-corrected chi connectivity index (χ3v) is 4.60. The Morgan fingerprint density at radius 3 is 2.32 bits per heavy atom. The van der Waals surface area contributed by atoms with Crippen molar-refractivity contribution in [1.29, 1.82) is 0 Å². The van der Waals surface area contributed by atoms with E-state index in [-0.39, 0.29) is 6.10 Å². The summed E-state index contributed by atoms with van der Waals surface area (Å²) in [7, 11) is 0. The number of aliphatic hydroxyl groups excluding tert-OH is 1. The van der Waals surface area contributed by atoms with Gasteiger partial charge in [0.15, 0.2) is 0 Å². The molecule has 3 heteroatoms. The summed E-state index contributed by atoms with van der Waals surface area (Å²) in [5, 5.41) is 14.9. The molecule has 1 heterocycles. The summed E-state index contributed by atoms with van der Waals surface area (Å²) in [6, 6.07) is 0.509. The highest BCUT2D eigenvalue weighted by atomic mass is 16.3. The van der Waals surface area contributed by atoms with Crippen molar-refractivity contribution in [3.05, 3.63) is 17.0 Å². The zero-order chi connectivity index (χ0) is 14.2. The molecule has 1 aliphatic carbocycles. The Morgan fingerprint density at radius 2 is 1.79 bits per heavy atom. The zero-order valence-corrected chi connectivity index (χ0v) is 13.0. The van der Waals surface area contributed by atoms with E-state index in [9.17, 15) is 5.11 Å².